The molecule has 0 heterocycles. The van der Waals surface area contributed by atoms with E-state index in [0.29, 0.717) is 0 Å². The van der Waals surface area contributed by atoms with E-state index in [2.05, 4.69) is 142 Å². The van der Waals surface area contributed by atoms with Crippen molar-refractivity contribution < 1.29 is 0 Å². The molecule has 0 fully saturated rings. The Balaban J connectivity index is 7.70. The third-order valence-electron chi connectivity index (χ3n) is 5.30. The van der Waals surface area contributed by atoms with Gasteiger partial charge in [-0.1, -0.05) is 0 Å². The summed E-state index contributed by atoms with van der Waals surface area (Å²) in [6.45, 7) is 43.4. The van der Waals surface area contributed by atoms with Crippen LogP contribution in [0.2, 0.25) is 5.76 Å². The maximum absolute atomic E-state index is 3.19. The first-order valence-corrected chi connectivity index (χ1v) is 16.4. The summed E-state index contributed by atoms with van der Waals surface area (Å²) in [6.07, 6.45) is 0. The molecule has 0 spiro atoms. The zero-order valence-corrected chi connectivity index (χ0v) is 25.9. The van der Waals surface area contributed by atoms with Gasteiger partial charge in [0, 0.05) is 0 Å². The van der Waals surface area contributed by atoms with Crippen molar-refractivity contribution in [1.82, 2.24) is 11.6 Å². The molecule has 0 aromatic heterocycles. The molecule has 0 aromatic rings. The molecule has 0 aromatic carbocycles. The van der Waals surface area contributed by atoms with E-state index in [1.165, 1.54) is 0 Å². The van der Waals surface area contributed by atoms with Crippen molar-refractivity contribution in [3.8, 4) is 0 Å². The maximum atomic E-state index is 2.94. The molecule has 0 N–H and O–H groups in total. The predicted molar refractivity (Wildman–Crippen MR) is 136 cm³/mol. The molecular weight excluding hydrogens is 415 g/mol. The molecule has 0 bridgehead atoms. The van der Waals surface area contributed by atoms with Gasteiger partial charge in [-0.3, -0.25) is 0 Å². The molecule has 0 saturated carbocycles. The van der Waals surface area contributed by atoms with Gasteiger partial charge in [-0.2, -0.15) is 0 Å². The molecule has 4 heteroatoms. The van der Waals surface area contributed by atoms with Crippen LogP contribution in [-0.2, 0) is 0 Å². The van der Waals surface area contributed by atoms with Crippen LogP contribution in [0, 0.1) is 0 Å². The molecule has 0 aliphatic heterocycles. The van der Waals surface area contributed by atoms with Crippen molar-refractivity contribution in [2.24, 2.45) is 0 Å². The Hall–Kier alpha value is 0.423. The van der Waals surface area contributed by atoms with Gasteiger partial charge in [0.25, 0.3) is 0 Å². The van der Waals surface area contributed by atoms with Gasteiger partial charge in [-0.25, -0.2) is 0 Å². The van der Waals surface area contributed by atoms with Gasteiger partial charge in [-0.15, -0.1) is 0 Å². The number of rotatable bonds is 3. The first-order chi connectivity index (χ1) is 12.1. The van der Waals surface area contributed by atoms with E-state index in [9.17, 15) is 0 Å². The molecule has 0 atom stereocenters. The van der Waals surface area contributed by atoms with Gasteiger partial charge in [0.15, 0.2) is 0 Å². The molecule has 0 rings (SSSR count). The Morgan fingerprint density at radius 2 is 0.414 bits per heavy atom. The Labute approximate surface area is 189 Å². The van der Waals surface area contributed by atoms with Gasteiger partial charge in [0.2, 0.25) is 0 Å². The Morgan fingerprint density at radius 1 is 0.310 bits per heavy atom. The number of nitrogens with zero attached hydrogens (tertiary/aromatic N) is 3. The fourth-order valence-corrected chi connectivity index (χ4v) is 24.4. The van der Waals surface area contributed by atoms with E-state index in [0.717, 1.165) is 0 Å². The van der Waals surface area contributed by atoms with Gasteiger partial charge in [0.1, 0.15) is 0 Å². The van der Waals surface area contributed by atoms with E-state index in [1.54, 1.807) is 0 Å². The van der Waals surface area contributed by atoms with Crippen molar-refractivity contribution in [2.45, 2.75) is 164 Å². The van der Waals surface area contributed by atoms with Crippen LogP contribution in [0.15, 0.2) is 0 Å². The zero-order valence-electron chi connectivity index (χ0n) is 23.8. The molecule has 176 valence electrons. The number of hydrogen-bond acceptors (Lipinski definition) is 3. The molecule has 0 unspecified atom stereocenters. The summed E-state index contributed by atoms with van der Waals surface area (Å²) in [6, 6.07) is 0. The second kappa shape index (κ2) is 8.08. The predicted octanol–water partition coefficient (Wildman–Crippen LogP) is 7.25. The van der Waals surface area contributed by atoms with Crippen molar-refractivity contribution in [1.29, 1.82) is 0 Å². The standard InChI is InChI=1S/C25H57GeN3/c1-20(2,3)27(21(4,5)6)26(19,28(22(7,8)9)23(10,11)12)29(24(13,14)15)25(16,17)18/h1-19H3. The average Bonchev–Trinajstić information content (AvgIpc) is 2.11. The SMILES string of the molecule is CC(C)(C)[N](C(C)(C)C)[Ge]([CH3])([N](C(C)(C)C)C(C)(C)C)[N](C(C)(C)C)C(C)(C)C. The summed E-state index contributed by atoms with van der Waals surface area (Å²) in [4.78, 5) is 0. The van der Waals surface area contributed by atoms with E-state index in [1.807, 2.05) is 0 Å². The van der Waals surface area contributed by atoms with Crippen LogP contribution in [0.3, 0.4) is 0 Å². The van der Waals surface area contributed by atoms with Crippen LogP contribution >= 0.6 is 0 Å². The molecule has 3 nitrogen and oxygen atoms in total. The topological polar surface area (TPSA) is 9.72 Å². The molecule has 0 radical (unpaired) electrons. The summed E-state index contributed by atoms with van der Waals surface area (Å²) in [5.74, 6) is 2.66. The van der Waals surface area contributed by atoms with Crippen molar-refractivity contribution in [2.75, 3.05) is 0 Å². The van der Waals surface area contributed by atoms with E-state index in [4.69, 9.17) is 0 Å². The molecule has 29 heavy (non-hydrogen) atoms. The van der Waals surface area contributed by atoms with Crippen molar-refractivity contribution in [3.05, 3.63) is 0 Å². The fourth-order valence-electron chi connectivity index (χ4n) is 7.13. The Morgan fingerprint density at radius 3 is 0.483 bits per heavy atom. The summed E-state index contributed by atoms with van der Waals surface area (Å²) >= 11 is -3.19. The molecule has 0 saturated heterocycles. The van der Waals surface area contributed by atoms with E-state index in [-0.39, 0.29) is 33.2 Å². The fraction of sp³-hybridized carbons (Fsp3) is 1.00. The van der Waals surface area contributed by atoms with E-state index >= 15 is 0 Å². The second-order valence-electron chi connectivity index (χ2n) is 15.0. The normalized spacial score (nSPS) is 16.3. The number of hydrogen-bond donors (Lipinski definition) is 0. The van der Waals surface area contributed by atoms with Gasteiger partial charge < -0.3 is 0 Å². The summed E-state index contributed by atoms with van der Waals surface area (Å²) < 4.78 is 8.81. The second-order valence-corrected chi connectivity index (χ2v) is 21.9. The van der Waals surface area contributed by atoms with Crippen LogP contribution in [-0.4, -0.2) is 58.7 Å². The monoisotopic (exact) mass is 473 g/mol. The minimum atomic E-state index is -3.19. The molecule has 0 aliphatic carbocycles. The van der Waals surface area contributed by atoms with Crippen molar-refractivity contribution in [3.63, 3.8) is 0 Å². The molecule has 0 amide bonds. The van der Waals surface area contributed by atoms with Crippen LogP contribution in [0.4, 0.5) is 0 Å². The van der Waals surface area contributed by atoms with Crippen molar-refractivity contribution >= 4 is 13.9 Å². The van der Waals surface area contributed by atoms with E-state index < -0.39 is 13.9 Å². The average molecular weight is 472 g/mol. The molecular formula is C25H57GeN3. The van der Waals surface area contributed by atoms with Crippen LogP contribution < -0.4 is 0 Å². The van der Waals surface area contributed by atoms with Gasteiger partial charge in [-0.05, 0) is 0 Å². The quantitative estimate of drug-likeness (QED) is 0.401. The summed E-state index contributed by atoms with van der Waals surface area (Å²) in [5.41, 5.74) is 0.313. The van der Waals surface area contributed by atoms with Crippen LogP contribution in [0.1, 0.15) is 125 Å². The third-order valence-corrected chi connectivity index (χ3v) is 19.1. The first kappa shape index (κ1) is 29.4. The molecule has 0 aliphatic rings. The van der Waals surface area contributed by atoms with Crippen LogP contribution in [0.5, 0.6) is 0 Å². The van der Waals surface area contributed by atoms with Gasteiger partial charge >= 0.3 is 189 Å². The zero-order chi connectivity index (χ0) is 24.2. The summed E-state index contributed by atoms with van der Waals surface area (Å²) in [5, 5.41) is 0. The first-order valence-electron chi connectivity index (χ1n) is 11.5. The van der Waals surface area contributed by atoms with Crippen LogP contribution in [0.25, 0.3) is 0 Å². The Bertz CT molecular complexity index is 419. The Kier molecular flexibility index (Phi) is 8.20. The third kappa shape index (κ3) is 6.70. The minimum absolute atomic E-state index is 0.0521. The van der Waals surface area contributed by atoms with Gasteiger partial charge in [0.05, 0.1) is 0 Å². The summed E-state index contributed by atoms with van der Waals surface area (Å²) in [7, 11) is 0.